The Morgan fingerprint density at radius 2 is 2.14 bits per heavy atom. The first-order valence-electron chi connectivity index (χ1n) is 7.35. The van der Waals surface area contributed by atoms with Gasteiger partial charge in [-0.2, -0.15) is 0 Å². The molecule has 0 fully saturated rings. The van der Waals surface area contributed by atoms with E-state index in [9.17, 15) is 4.79 Å². The van der Waals surface area contributed by atoms with Crippen LogP contribution < -0.4 is 5.73 Å². The summed E-state index contributed by atoms with van der Waals surface area (Å²) in [6.07, 6.45) is 3.20. The van der Waals surface area contributed by atoms with E-state index in [1.54, 1.807) is 11.3 Å². The molecule has 1 heterocycles. The number of hydrogen-bond acceptors (Lipinski definition) is 4. The molecule has 0 spiro atoms. The molecule has 1 aromatic carbocycles. The number of thiophene rings is 1. The van der Waals surface area contributed by atoms with Crippen molar-refractivity contribution in [3.8, 4) is 0 Å². The zero-order chi connectivity index (χ0) is 14.8. The van der Waals surface area contributed by atoms with E-state index < -0.39 is 0 Å². The molecular formula is C17H19NO2S. The molecule has 3 rings (SSSR count). The maximum absolute atomic E-state index is 12.3. The van der Waals surface area contributed by atoms with Crippen LogP contribution in [0.25, 0.3) is 0 Å². The van der Waals surface area contributed by atoms with Crippen molar-refractivity contribution in [1.82, 2.24) is 0 Å². The number of nitrogen functional groups attached to an aromatic ring is 1. The fourth-order valence-electron chi connectivity index (χ4n) is 3.11. The van der Waals surface area contributed by atoms with Crippen molar-refractivity contribution in [2.45, 2.75) is 32.1 Å². The minimum atomic E-state index is -0.282. The van der Waals surface area contributed by atoms with Gasteiger partial charge in [0.1, 0.15) is 5.00 Å². The van der Waals surface area contributed by atoms with Crippen LogP contribution in [-0.4, -0.2) is 12.6 Å². The van der Waals surface area contributed by atoms with Gasteiger partial charge in [0.15, 0.2) is 0 Å². The Balaban J connectivity index is 2.09. The Bertz CT molecular complexity index is 648. The average molecular weight is 301 g/mol. The number of carbonyl (C=O) groups is 1. The van der Waals surface area contributed by atoms with E-state index in [2.05, 4.69) is 12.1 Å². The standard InChI is InChI=1S/C17H19NO2S/c1-2-20-17(19)15-14-12(11-7-4-3-5-8-11)9-6-10-13(14)21-16(15)18/h3-5,7-8,12H,2,6,9-10,18H2,1H3. The summed E-state index contributed by atoms with van der Waals surface area (Å²) in [5.74, 6) is -0.0294. The van der Waals surface area contributed by atoms with Gasteiger partial charge < -0.3 is 10.5 Å². The van der Waals surface area contributed by atoms with Gasteiger partial charge in [0.05, 0.1) is 12.2 Å². The molecule has 0 bridgehead atoms. The van der Waals surface area contributed by atoms with Crippen LogP contribution >= 0.6 is 11.3 Å². The number of rotatable bonds is 3. The molecule has 21 heavy (non-hydrogen) atoms. The van der Waals surface area contributed by atoms with E-state index in [-0.39, 0.29) is 11.9 Å². The van der Waals surface area contributed by atoms with Crippen LogP contribution in [0.4, 0.5) is 5.00 Å². The second-order valence-electron chi connectivity index (χ2n) is 5.25. The fourth-order valence-corrected chi connectivity index (χ4v) is 4.27. The van der Waals surface area contributed by atoms with Gasteiger partial charge in [-0.25, -0.2) is 4.79 Å². The molecule has 0 aliphatic heterocycles. The first kappa shape index (κ1) is 14.1. The molecule has 3 nitrogen and oxygen atoms in total. The lowest BCUT2D eigenvalue weighted by atomic mass is 9.80. The highest BCUT2D eigenvalue weighted by Crippen LogP contribution is 2.45. The van der Waals surface area contributed by atoms with E-state index in [1.165, 1.54) is 10.4 Å². The summed E-state index contributed by atoms with van der Waals surface area (Å²) in [5.41, 5.74) is 9.07. The second-order valence-corrected chi connectivity index (χ2v) is 6.39. The first-order valence-corrected chi connectivity index (χ1v) is 8.17. The lowest BCUT2D eigenvalue weighted by molar-refractivity contribution is 0.0526. The third-order valence-corrected chi connectivity index (χ3v) is 5.07. The zero-order valence-corrected chi connectivity index (χ0v) is 12.9. The van der Waals surface area contributed by atoms with Crippen molar-refractivity contribution in [3.05, 3.63) is 51.9 Å². The van der Waals surface area contributed by atoms with Crippen LogP contribution in [-0.2, 0) is 11.2 Å². The molecule has 1 aromatic heterocycles. The van der Waals surface area contributed by atoms with Crippen molar-refractivity contribution in [3.63, 3.8) is 0 Å². The topological polar surface area (TPSA) is 52.3 Å². The van der Waals surface area contributed by atoms with Gasteiger partial charge in [0, 0.05) is 10.8 Å². The Labute approximate surface area is 128 Å². The SMILES string of the molecule is CCOC(=O)c1c(N)sc2c1C(c1ccccc1)CCC2. The molecule has 0 radical (unpaired) electrons. The Kier molecular flexibility index (Phi) is 3.97. The quantitative estimate of drug-likeness (QED) is 0.873. The Hall–Kier alpha value is -1.81. The molecule has 1 aliphatic carbocycles. The minimum Gasteiger partial charge on any atom is -0.462 e. The summed E-state index contributed by atoms with van der Waals surface area (Å²) in [6, 6.07) is 10.4. The number of ether oxygens (including phenoxy) is 1. The molecule has 4 heteroatoms. The van der Waals surface area contributed by atoms with Gasteiger partial charge in [-0.3, -0.25) is 0 Å². The van der Waals surface area contributed by atoms with Crippen LogP contribution in [0.2, 0.25) is 0 Å². The smallest absolute Gasteiger partial charge is 0.341 e. The first-order chi connectivity index (χ1) is 10.2. The molecular weight excluding hydrogens is 282 g/mol. The third-order valence-electron chi connectivity index (χ3n) is 3.98. The summed E-state index contributed by atoms with van der Waals surface area (Å²) < 4.78 is 5.21. The monoisotopic (exact) mass is 301 g/mol. The highest BCUT2D eigenvalue weighted by Gasteiger charge is 2.31. The number of fused-ring (bicyclic) bond motifs is 1. The second kappa shape index (κ2) is 5.90. The van der Waals surface area contributed by atoms with Crippen LogP contribution in [0.3, 0.4) is 0 Å². The summed E-state index contributed by atoms with van der Waals surface area (Å²) in [6.45, 7) is 2.19. The predicted molar refractivity (Wildman–Crippen MR) is 85.9 cm³/mol. The van der Waals surface area contributed by atoms with E-state index in [0.717, 1.165) is 24.8 Å². The molecule has 2 aromatic rings. The minimum absolute atomic E-state index is 0.253. The number of anilines is 1. The van der Waals surface area contributed by atoms with E-state index >= 15 is 0 Å². The van der Waals surface area contributed by atoms with Gasteiger partial charge in [-0.05, 0) is 37.3 Å². The van der Waals surface area contributed by atoms with Crippen LogP contribution in [0.15, 0.2) is 30.3 Å². The molecule has 0 saturated carbocycles. The van der Waals surface area contributed by atoms with E-state index in [1.807, 2.05) is 25.1 Å². The normalized spacial score (nSPS) is 17.3. The number of aryl methyl sites for hydroxylation is 1. The van der Waals surface area contributed by atoms with Crippen molar-refractivity contribution in [2.24, 2.45) is 0 Å². The number of benzene rings is 1. The average Bonchev–Trinajstić information content (AvgIpc) is 2.84. The Morgan fingerprint density at radius 3 is 2.86 bits per heavy atom. The van der Waals surface area contributed by atoms with E-state index in [0.29, 0.717) is 17.2 Å². The summed E-state index contributed by atoms with van der Waals surface area (Å²) in [7, 11) is 0. The summed E-state index contributed by atoms with van der Waals surface area (Å²) in [5, 5.41) is 0.598. The molecule has 2 N–H and O–H groups in total. The van der Waals surface area contributed by atoms with Crippen molar-refractivity contribution >= 4 is 22.3 Å². The van der Waals surface area contributed by atoms with Crippen LogP contribution in [0.5, 0.6) is 0 Å². The summed E-state index contributed by atoms with van der Waals surface area (Å²) >= 11 is 1.55. The lowest BCUT2D eigenvalue weighted by Gasteiger charge is -2.24. The van der Waals surface area contributed by atoms with Crippen molar-refractivity contribution < 1.29 is 9.53 Å². The van der Waals surface area contributed by atoms with Gasteiger partial charge in [-0.1, -0.05) is 30.3 Å². The van der Waals surface area contributed by atoms with Gasteiger partial charge >= 0.3 is 5.97 Å². The van der Waals surface area contributed by atoms with Gasteiger partial charge in [0.25, 0.3) is 0 Å². The van der Waals surface area contributed by atoms with Gasteiger partial charge in [0.2, 0.25) is 0 Å². The highest BCUT2D eigenvalue weighted by atomic mass is 32.1. The number of esters is 1. The maximum atomic E-state index is 12.3. The van der Waals surface area contributed by atoms with Crippen LogP contribution in [0, 0.1) is 0 Å². The largest absolute Gasteiger partial charge is 0.462 e. The molecule has 110 valence electrons. The predicted octanol–water partition coefficient (Wildman–Crippen LogP) is 3.98. The molecule has 0 amide bonds. The third kappa shape index (κ3) is 2.56. The van der Waals surface area contributed by atoms with Crippen molar-refractivity contribution in [2.75, 3.05) is 12.3 Å². The highest BCUT2D eigenvalue weighted by molar-refractivity contribution is 7.16. The molecule has 1 unspecified atom stereocenters. The zero-order valence-electron chi connectivity index (χ0n) is 12.1. The number of carbonyl (C=O) groups excluding carboxylic acids is 1. The molecule has 0 saturated heterocycles. The van der Waals surface area contributed by atoms with Crippen LogP contribution in [0.1, 0.15) is 52.0 Å². The Morgan fingerprint density at radius 1 is 1.38 bits per heavy atom. The van der Waals surface area contributed by atoms with Gasteiger partial charge in [-0.15, -0.1) is 11.3 Å². The van der Waals surface area contributed by atoms with E-state index in [4.69, 9.17) is 10.5 Å². The number of hydrogen-bond donors (Lipinski definition) is 1. The fraction of sp³-hybridized carbons (Fsp3) is 0.353. The molecule has 1 atom stereocenters. The van der Waals surface area contributed by atoms with Crippen molar-refractivity contribution in [1.29, 1.82) is 0 Å². The molecule has 1 aliphatic rings. The lowest BCUT2D eigenvalue weighted by Crippen LogP contribution is -2.15. The number of nitrogens with two attached hydrogens (primary N) is 1. The maximum Gasteiger partial charge on any atom is 0.341 e. The summed E-state index contributed by atoms with van der Waals surface area (Å²) in [4.78, 5) is 13.5.